The second kappa shape index (κ2) is 13.6. The van der Waals surface area contributed by atoms with Crippen molar-refractivity contribution in [3.05, 3.63) is 98.7 Å². The fraction of sp³-hybridized carbons (Fsp3) is 0.357. The molecule has 2 aromatic carbocycles. The lowest BCUT2D eigenvalue weighted by molar-refractivity contribution is -0.127. The Balaban J connectivity index is 1.56. The van der Waals surface area contributed by atoms with Gasteiger partial charge in [0, 0.05) is 28.4 Å². The number of aliphatic hydroxyl groups excluding tert-OH is 2. The summed E-state index contributed by atoms with van der Waals surface area (Å²) in [5, 5.41) is 28.9. The number of carbonyl (C=O) groups excluding carboxylic acids is 1. The molecule has 0 fully saturated rings. The lowest BCUT2D eigenvalue weighted by atomic mass is 9.99. The van der Waals surface area contributed by atoms with Gasteiger partial charge in [-0.05, 0) is 61.8 Å². The standard InChI is InChI=1S/C28H31ClFN3O3S2/c1-18(34)6-13-24(33-15-17-38-28(33)21-4-2-3-5-22(21)29)26(36)32-23(25(35)27-31-14-16-37-27)12-9-19-7-10-20(30)11-8-19/h2-5,7-8,10-11,14-18,23-25,28,34-35H,6,9,12-13H2,1H3,(H,32,36)/t18?,23-,24-,25?,28?/m0/s1. The Kier molecular flexibility index (Phi) is 10.2. The fourth-order valence-electron chi connectivity index (χ4n) is 4.43. The molecule has 3 unspecified atom stereocenters. The average molecular weight is 576 g/mol. The van der Waals surface area contributed by atoms with Crippen LogP contribution in [0.3, 0.4) is 0 Å². The molecule has 4 rings (SSSR count). The van der Waals surface area contributed by atoms with Crippen molar-refractivity contribution in [3.63, 3.8) is 0 Å². The molecule has 38 heavy (non-hydrogen) atoms. The van der Waals surface area contributed by atoms with Crippen molar-refractivity contribution in [1.82, 2.24) is 15.2 Å². The normalized spacial score (nSPS) is 18.2. The molecule has 1 aliphatic rings. The Labute approximate surface area is 235 Å². The van der Waals surface area contributed by atoms with Crippen LogP contribution in [-0.2, 0) is 11.2 Å². The molecular formula is C28H31ClFN3O3S2. The van der Waals surface area contributed by atoms with Gasteiger partial charge in [-0.2, -0.15) is 0 Å². The number of halogens is 2. The molecule has 3 N–H and O–H groups in total. The molecule has 0 spiro atoms. The first kappa shape index (κ1) is 28.6. The summed E-state index contributed by atoms with van der Waals surface area (Å²) in [5.41, 5.74) is 1.80. The minimum Gasteiger partial charge on any atom is -0.393 e. The molecule has 6 nitrogen and oxygen atoms in total. The highest BCUT2D eigenvalue weighted by atomic mass is 35.5. The van der Waals surface area contributed by atoms with Gasteiger partial charge >= 0.3 is 0 Å². The summed E-state index contributed by atoms with van der Waals surface area (Å²) < 4.78 is 13.4. The predicted molar refractivity (Wildman–Crippen MR) is 151 cm³/mol. The van der Waals surface area contributed by atoms with E-state index in [1.165, 1.54) is 23.5 Å². The molecule has 0 saturated heterocycles. The summed E-state index contributed by atoms with van der Waals surface area (Å²) in [7, 11) is 0. The van der Waals surface area contributed by atoms with Gasteiger partial charge in [0.1, 0.15) is 28.3 Å². The number of benzene rings is 2. The number of amides is 1. The Morgan fingerprint density at radius 3 is 2.61 bits per heavy atom. The van der Waals surface area contributed by atoms with E-state index in [-0.39, 0.29) is 17.1 Å². The van der Waals surface area contributed by atoms with E-state index < -0.39 is 24.3 Å². The lowest BCUT2D eigenvalue weighted by Crippen LogP contribution is -2.50. The van der Waals surface area contributed by atoms with Crippen molar-refractivity contribution in [2.24, 2.45) is 0 Å². The van der Waals surface area contributed by atoms with Crippen LogP contribution in [0.5, 0.6) is 0 Å². The van der Waals surface area contributed by atoms with Crippen LogP contribution in [0.2, 0.25) is 5.02 Å². The van der Waals surface area contributed by atoms with Crippen LogP contribution in [0.25, 0.3) is 0 Å². The molecule has 1 aromatic heterocycles. The van der Waals surface area contributed by atoms with Gasteiger partial charge in [-0.1, -0.05) is 41.9 Å². The summed E-state index contributed by atoms with van der Waals surface area (Å²) >= 11 is 9.39. The number of rotatable bonds is 12. The quantitative estimate of drug-likeness (QED) is 0.252. The van der Waals surface area contributed by atoms with Gasteiger partial charge in [0.2, 0.25) is 5.91 Å². The molecule has 10 heteroatoms. The zero-order chi connectivity index (χ0) is 27.1. The van der Waals surface area contributed by atoms with Crippen LogP contribution in [-0.4, -0.2) is 44.2 Å². The third-order valence-electron chi connectivity index (χ3n) is 6.47. The molecule has 3 aromatic rings. The van der Waals surface area contributed by atoms with Crippen LogP contribution < -0.4 is 5.32 Å². The zero-order valence-corrected chi connectivity index (χ0v) is 23.3. The first-order chi connectivity index (χ1) is 18.3. The number of aryl methyl sites for hydroxylation is 1. The molecule has 5 atom stereocenters. The third-order valence-corrected chi connectivity index (χ3v) is 8.70. The molecule has 202 valence electrons. The largest absolute Gasteiger partial charge is 0.393 e. The van der Waals surface area contributed by atoms with E-state index in [0.29, 0.717) is 35.7 Å². The molecule has 1 amide bonds. The van der Waals surface area contributed by atoms with Crippen LogP contribution in [0, 0.1) is 5.82 Å². The number of thioether (sulfide) groups is 1. The molecule has 0 bridgehead atoms. The van der Waals surface area contributed by atoms with Crippen LogP contribution in [0.4, 0.5) is 4.39 Å². The zero-order valence-electron chi connectivity index (χ0n) is 20.9. The molecular weight excluding hydrogens is 545 g/mol. The maximum atomic E-state index is 13.9. The number of hydrogen-bond acceptors (Lipinski definition) is 7. The smallest absolute Gasteiger partial charge is 0.243 e. The van der Waals surface area contributed by atoms with Gasteiger partial charge in [-0.25, -0.2) is 9.37 Å². The van der Waals surface area contributed by atoms with Gasteiger partial charge in [0.05, 0.1) is 12.1 Å². The van der Waals surface area contributed by atoms with Crippen LogP contribution in [0.1, 0.15) is 53.8 Å². The lowest BCUT2D eigenvalue weighted by Gasteiger charge is -2.35. The van der Waals surface area contributed by atoms with E-state index in [9.17, 15) is 19.4 Å². The summed E-state index contributed by atoms with van der Waals surface area (Å²) in [5.74, 6) is -0.568. The maximum Gasteiger partial charge on any atom is 0.243 e. The highest BCUT2D eigenvalue weighted by molar-refractivity contribution is 8.02. The SMILES string of the molecule is CC(O)CC[C@@H](C(=O)N[C@@H](CCc1ccc(F)cc1)C(O)c1nccs1)N1C=CSC1c1ccccc1Cl. The Bertz CT molecular complexity index is 1210. The second-order valence-corrected chi connectivity index (χ2v) is 11.6. The predicted octanol–water partition coefficient (Wildman–Crippen LogP) is 5.84. The molecule has 0 aliphatic carbocycles. The van der Waals surface area contributed by atoms with E-state index in [2.05, 4.69) is 10.3 Å². The first-order valence-corrected chi connectivity index (χ1v) is 14.7. The van der Waals surface area contributed by atoms with Gasteiger partial charge < -0.3 is 20.4 Å². The van der Waals surface area contributed by atoms with Crippen molar-refractivity contribution in [2.45, 2.75) is 62.3 Å². The summed E-state index contributed by atoms with van der Waals surface area (Å²) in [6.45, 7) is 1.70. The number of aliphatic hydroxyl groups is 2. The van der Waals surface area contributed by atoms with E-state index in [4.69, 9.17) is 11.6 Å². The summed E-state index contributed by atoms with van der Waals surface area (Å²) in [6.07, 6.45) is 3.74. The van der Waals surface area contributed by atoms with Gasteiger partial charge in [0.25, 0.3) is 0 Å². The minimum atomic E-state index is -1.00. The number of hydrogen-bond donors (Lipinski definition) is 3. The van der Waals surface area contributed by atoms with Crippen LogP contribution in [0.15, 0.2) is 71.7 Å². The van der Waals surface area contributed by atoms with E-state index in [1.54, 1.807) is 42.4 Å². The van der Waals surface area contributed by atoms with E-state index >= 15 is 0 Å². The van der Waals surface area contributed by atoms with Crippen LogP contribution >= 0.6 is 34.7 Å². The summed E-state index contributed by atoms with van der Waals surface area (Å²) in [4.78, 5) is 20.1. The number of carbonyl (C=O) groups is 1. The first-order valence-electron chi connectivity index (χ1n) is 12.5. The fourth-order valence-corrected chi connectivity index (χ4v) is 6.49. The second-order valence-electron chi connectivity index (χ2n) is 9.28. The van der Waals surface area contributed by atoms with E-state index in [1.807, 2.05) is 40.8 Å². The molecule has 1 aliphatic heterocycles. The number of nitrogens with one attached hydrogen (secondary N) is 1. The Morgan fingerprint density at radius 2 is 1.92 bits per heavy atom. The van der Waals surface area contributed by atoms with Crippen molar-refractivity contribution < 1.29 is 19.4 Å². The Morgan fingerprint density at radius 1 is 1.16 bits per heavy atom. The summed E-state index contributed by atoms with van der Waals surface area (Å²) in [6, 6.07) is 12.5. The minimum absolute atomic E-state index is 0.199. The molecule has 0 radical (unpaired) electrons. The van der Waals surface area contributed by atoms with E-state index in [0.717, 1.165) is 11.1 Å². The van der Waals surface area contributed by atoms with Gasteiger partial charge in [-0.3, -0.25) is 4.79 Å². The van der Waals surface area contributed by atoms with Gasteiger partial charge in [0.15, 0.2) is 0 Å². The van der Waals surface area contributed by atoms with Crippen molar-refractivity contribution in [1.29, 1.82) is 0 Å². The molecule has 0 saturated carbocycles. The van der Waals surface area contributed by atoms with Gasteiger partial charge in [-0.15, -0.1) is 23.1 Å². The topological polar surface area (TPSA) is 85.7 Å². The number of thiazole rings is 1. The van der Waals surface area contributed by atoms with Crippen molar-refractivity contribution in [2.75, 3.05) is 0 Å². The Hall–Kier alpha value is -2.43. The highest BCUT2D eigenvalue weighted by Crippen LogP contribution is 2.43. The van der Waals surface area contributed by atoms with Crippen molar-refractivity contribution >= 4 is 40.6 Å². The van der Waals surface area contributed by atoms with Crippen molar-refractivity contribution in [3.8, 4) is 0 Å². The average Bonchev–Trinajstić information content (AvgIpc) is 3.60. The monoisotopic (exact) mass is 575 g/mol. The number of nitrogens with zero attached hydrogens (tertiary/aromatic N) is 2. The number of aromatic nitrogens is 1. The highest BCUT2D eigenvalue weighted by Gasteiger charge is 2.36. The maximum absolute atomic E-state index is 13.9. The third kappa shape index (κ3) is 7.36. The molecule has 2 heterocycles.